The van der Waals surface area contributed by atoms with Crippen LogP contribution in [-0.2, 0) is 4.79 Å². The third kappa shape index (κ3) is 3.67. The van der Waals surface area contributed by atoms with Gasteiger partial charge in [-0.25, -0.2) is 0 Å². The Balaban J connectivity index is 0.00000147. The molecular weight excluding hydrogens is 272 g/mol. The minimum atomic E-state index is 0. The summed E-state index contributed by atoms with van der Waals surface area (Å²) in [5, 5.41) is 3.50. The van der Waals surface area contributed by atoms with Gasteiger partial charge in [-0.2, -0.15) is 0 Å². The smallest absolute Gasteiger partial charge is 0.222 e. The quantitative estimate of drug-likeness (QED) is 0.865. The van der Waals surface area contributed by atoms with Gasteiger partial charge in [0.25, 0.3) is 0 Å². The summed E-state index contributed by atoms with van der Waals surface area (Å²) in [6.07, 6.45) is 12.3. The van der Waals surface area contributed by atoms with Gasteiger partial charge < -0.3 is 10.2 Å². The van der Waals surface area contributed by atoms with E-state index in [0.29, 0.717) is 18.0 Å². The Bertz CT molecular complexity index is 312. The Morgan fingerprint density at radius 3 is 2.55 bits per heavy atom. The van der Waals surface area contributed by atoms with E-state index in [4.69, 9.17) is 0 Å². The topological polar surface area (TPSA) is 32.3 Å². The fourth-order valence-electron chi connectivity index (χ4n) is 4.38. The van der Waals surface area contributed by atoms with Crippen LogP contribution >= 0.6 is 12.4 Å². The molecule has 3 rings (SSSR count). The first-order valence-electron chi connectivity index (χ1n) is 8.37. The van der Waals surface area contributed by atoms with Crippen LogP contribution in [0, 0.1) is 5.92 Å². The van der Waals surface area contributed by atoms with Crippen LogP contribution in [0.5, 0.6) is 0 Å². The second-order valence-electron chi connectivity index (χ2n) is 6.67. The number of rotatable bonds is 4. The lowest BCUT2D eigenvalue weighted by Crippen LogP contribution is -2.39. The van der Waals surface area contributed by atoms with Gasteiger partial charge in [0.15, 0.2) is 0 Å². The molecule has 2 atom stereocenters. The molecule has 20 heavy (non-hydrogen) atoms. The number of carbonyl (C=O) groups excluding carboxylic acids is 1. The van der Waals surface area contributed by atoms with Gasteiger partial charge in [-0.15, -0.1) is 12.4 Å². The molecule has 1 aliphatic carbocycles. The molecule has 1 N–H and O–H groups in total. The van der Waals surface area contributed by atoms with Crippen molar-refractivity contribution >= 4 is 18.3 Å². The lowest BCUT2D eigenvalue weighted by molar-refractivity contribution is -0.133. The number of nitrogens with one attached hydrogen (secondary N) is 1. The highest BCUT2D eigenvalue weighted by Gasteiger charge is 2.35. The molecule has 0 bridgehead atoms. The molecule has 0 aromatic heterocycles. The molecule has 0 aromatic carbocycles. The minimum absolute atomic E-state index is 0. The van der Waals surface area contributed by atoms with E-state index in [1.165, 1.54) is 51.4 Å². The van der Waals surface area contributed by atoms with E-state index in [9.17, 15) is 4.79 Å². The predicted molar refractivity (Wildman–Crippen MR) is 84.2 cm³/mol. The number of hydrogen-bond donors (Lipinski definition) is 1. The van der Waals surface area contributed by atoms with Gasteiger partial charge in [-0.05, 0) is 57.4 Å². The maximum Gasteiger partial charge on any atom is 0.222 e. The number of hydrogen-bond acceptors (Lipinski definition) is 2. The monoisotopic (exact) mass is 300 g/mol. The lowest BCUT2D eigenvalue weighted by Gasteiger charge is -2.30. The molecular formula is C16H29ClN2O. The van der Waals surface area contributed by atoms with Gasteiger partial charge in [-0.3, -0.25) is 4.79 Å². The van der Waals surface area contributed by atoms with Crippen LogP contribution in [0.2, 0.25) is 0 Å². The molecule has 0 aromatic rings. The normalized spacial score (nSPS) is 30.7. The second-order valence-corrected chi connectivity index (χ2v) is 6.67. The summed E-state index contributed by atoms with van der Waals surface area (Å²) in [6, 6.07) is 1.20. The van der Waals surface area contributed by atoms with Crippen molar-refractivity contribution in [2.75, 3.05) is 13.1 Å². The predicted octanol–water partition coefficient (Wildman–Crippen LogP) is 3.12. The van der Waals surface area contributed by atoms with E-state index in [1.807, 2.05) is 0 Å². The maximum atomic E-state index is 12.5. The lowest BCUT2D eigenvalue weighted by atomic mass is 9.95. The number of amides is 1. The minimum Gasteiger partial charge on any atom is -0.339 e. The number of halogens is 1. The summed E-state index contributed by atoms with van der Waals surface area (Å²) in [5.74, 6) is 1.25. The van der Waals surface area contributed by atoms with Crippen LogP contribution in [0.15, 0.2) is 0 Å². The van der Waals surface area contributed by atoms with Crippen LogP contribution in [0.25, 0.3) is 0 Å². The Kier molecular flexibility index (Phi) is 6.16. The molecule has 1 saturated carbocycles. The average molecular weight is 301 g/mol. The van der Waals surface area contributed by atoms with Crippen LogP contribution in [0.3, 0.4) is 0 Å². The molecule has 1 amide bonds. The van der Waals surface area contributed by atoms with Gasteiger partial charge in [0, 0.05) is 25.0 Å². The maximum absolute atomic E-state index is 12.5. The zero-order chi connectivity index (χ0) is 13.1. The largest absolute Gasteiger partial charge is 0.339 e. The molecule has 2 unspecified atom stereocenters. The van der Waals surface area contributed by atoms with Crippen molar-refractivity contribution in [1.29, 1.82) is 0 Å². The molecule has 2 heterocycles. The zero-order valence-electron chi connectivity index (χ0n) is 12.5. The molecule has 116 valence electrons. The molecule has 0 spiro atoms. The summed E-state index contributed by atoms with van der Waals surface area (Å²) < 4.78 is 0. The van der Waals surface area contributed by atoms with Crippen molar-refractivity contribution in [3.05, 3.63) is 0 Å². The highest BCUT2D eigenvalue weighted by Crippen LogP contribution is 2.35. The van der Waals surface area contributed by atoms with Gasteiger partial charge in [0.1, 0.15) is 0 Å². The van der Waals surface area contributed by atoms with E-state index in [-0.39, 0.29) is 12.4 Å². The molecule has 3 fully saturated rings. The summed E-state index contributed by atoms with van der Waals surface area (Å²) >= 11 is 0. The highest BCUT2D eigenvalue weighted by molar-refractivity contribution is 5.85. The Hall–Kier alpha value is -0.280. The van der Waals surface area contributed by atoms with Gasteiger partial charge >= 0.3 is 0 Å². The number of likely N-dealkylation sites (tertiary alicyclic amines) is 1. The molecule has 2 aliphatic heterocycles. The SMILES string of the molecule is Cl.O=C(CCC1CCCN1)N1CCCC1C1CCCC1. The molecule has 2 saturated heterocycles. The van der Waals surface area contributed by atoms with Gasteiger partial charge in [0.2, 0.25) is 5.91 Å². The molecule has 3 nitrogen and oxygen atoms in total. The van der Waals surface area contributed by atoms with Crippen molar-refractivity contribution in [3.63, 3.8) is 0 Å². The third-order valence-corrected chi connectivity index (χ3v) is 5.43. The summed E-state index contributed by atoms with van der Waals surface area (Å²) in [6.45, 7) is 2.17. The van der Waals surface area contributed by atoms with Gasteiger partial charge in [-0.1, -0.05) is 12.8 Å². The standard InChI is InChI=1S/C16H28N2O.ClH/c19-16(10-9-14-7-3-11-17-14)18-12-4-8-15(18)13-5-1-2-6-13;/h13-15,17H,1-12H2;1H. The van der Waals surface area contributed by atoms with E-state index in [1.54, 1.807) is 0 Å². The van der Waals surface area contributed by atoms with Crippen LogP contribution in [-0.4, -0.2) is 36.0 Å². The first kappa shape index (κ1) is 16.1. The van der Waals surface area contributed by atoms with Crippen molar-refractivity contribution in [3.8, 4) is 0 Å². The van der Waals surface area contributed by atoms with E-state index >= 15 is 0 Å². The van der Waals surface area contributed by atoms with Crippen LogP contribution < -0.4 is 5.32 Å². The van der Waals surface area contributed by atoms with Crippen molar-refractivity contribution in [2.45, 2.75) is 76.3 Å². The number of nitrogens with zero attached hydrogens (tertiary/aromatic N) is 1. The third-order valence-electron chi connectivity index (χ3n) is 5.43. The van der Waals surface area contributed by atoms with Crippen molar-refractivity contribution in [1.82, 2.24) is 10.2 Å². The Morgan fingerprint density at radius 2 is 1.85 bits per heavy atom. The first-order chi connectivity index (χ1) is 9.34. The fraction of sp³-hybridized carbons (Fsp3) is 0.938. The zero-order valence-corrected chi connectivity index (χ0v) is 13.3. The van der Waals surface area contributed by atoms with Gasteiger partial charge in [0.05, 0.1) is 0 Å². The fourth-order valence-corrected chi connectivity index (χ4v) is 4.38. The second kappa shape index (κ2) is 7.65. The Morgan fingerprint density at radius 1 is 1.05 bits per heavy atom. The highest BCUT2D eigenvalue weighted by atomic mass is 35.5. The summed E-state index contributed by atoms with van der Waals surface area (Å²) in [5.41, 5.74) is 0. The molecule has 3 aliphatic rings. The molecule has 4 heteroatoms. The average Bonchev–Trinajstić information content (AvgIpc) is 3.14. The summed E-state index contributed by atoms with van der Waals surface area (Å²) in [7, 11) is 0. The summed E-state index contributed by atoms with van der Waals surface area (Å²) in [4.78, 5) is 14.7. The van der Waals surface area contributed by atoms with E-state index < -0.39 is 0 Å². The van der Waals surface area contributed by atoms with Crippen molar-refractivity contribution in [2.24, 2.45) is 5.92 Å². The Labute approximate surface area is 129 Å². The van der Waals surface area contributed by atoms with Crippen LogP contribution in [0.1, 0.15) is 64.2 Å². The van der Waals surface area contributed by atoms with E-state index in [2.05, 4.69) is 10.2 Å². The molecule has 0 radical (unpaired) electrons. The first-order valence-corrected chi connectivity index (χ1v) is 8.37. The van der Waals surface area contributed by atoms with Crippen molar-refractivity contribution < 1.29 is 4.79 Å². The number of carbonyl (C=O) groups is 1. The van der Waals surface area contributed by atoms with E-state index in [0.717, 1.165) is 31.8 Å². The van der Waals surface area contributed by atoms with Crippen LogP contribution in [0.4, 0.5) is 0 Å².